The van der Waals surface area contributed by atoms with Crippen LogP contribution in [0.2, 0.25) is 0 Å². The lowest BCUT2D eigenvalue weighted by atomic mass is 10.1. The highest BCUT2D eigenvalue weighted by Crippen LogP contribution is 2.27. The normalized spacial score (nSPS) is 12.1. The number of benzene rings is 1. The molecule has 2 rings (SSSR count). The Bertz CT molecular complexity index is 960. The largest absolute Gasteiger partial charge is 0.432 e. The van der Waals surface area contributed by atoms with Crippen molar-refractivity contribution in [1.29, 1.82) is 0 Å². The van der Waals surface area contributed by atoms with Crippen molar-refractivity contribution in [3.05, 3.63) is 35.7 Å². The molecule has 0 aliphatic carbocycles. The molecule has 0 aliphatic heterocycles. The van der Waals surface area contributed by atoms with Gasteiger partial charge in [0.2, 0.25) is 0 Å². The Hall–Kier alpha value is -2.20. The zero-order valence-corrected chi connectivity index (χ0v) is 14.2. The van der Waals surface area contributed by atoms with Gasteiger partial charge in [-0.3, -0.25) is 10.1 Å². The highest BCUT2D eigenvalue weighted by atomic mass is 32.2. The number of hydrogen-bond donors (Lipinski definition) is 1. The number of aromatic nitrogens is 1. The predicted octanol–water partition coefficient (Wildman–Crippen LogP) is 1.04. The topological polar surface area (TPSA) is 123 Å². The van der Waals surface area contributed by atoms with Crippen LogP contribution in [-0.2, 0) is 19.7 Å². The minimum absolute atomic E-state index is 0.0102. The number of nitrogens with one attached hydrogen (secondary N) is 1. The van der Waals surface area contributed by atoms with Gasteiger partial charge in [0.15, 0.2) is 19.7 Å². The summed E-state index contributed by atoms with van der Waals surface area (Å²) in [7, 11) is -7.64. The summed E-state index contributed by atoms with van der Waals surface area (Å²) in [6, 6.07) is 2.30. The van der Waals surface area contributed by atoms with Crippen molar-refractivity contribution >= 4 is 31.6 Å². The molecule has 124 valence electrons. The number of rotatable bonds is 4. The van der Waals surface area contributed by atoms with Crippen LogP contribution in [0.15, 0.2) is 38.8 Å². The third-order valence-electron chi connectivity index (χ3n) is 3.04. The molecule has 8 nitrogen and oxygen atoms in total. The number of hydrogen-bond acceptors (Lipinski definition) is 7. The van der Waals surface area contributed by atoms with E-state index in [0.29, 0.717) is 0 Å². The molecule has 0 aliphatic rings. The van der Waals surface area contributed by atoms with Gasteiger partial charge in [-0.2, -0.15) is 0 Å². The first kappa shape index (κ1) is 17.2. The van der Waals surface area contributed by atoms with Crippen LogP contribution in [0.1, 0.15) is 15.9 Å². The van der Waals surface area contributed by atoms with Crippen LogP contribution in [0, 0.1) is 6.92 Å². The van der Waals surface area contributed by atoms with Gasteiger partial charge in [-0.15, -0.1) is 0 Å². The second kappa shape index (κ2) is 5.78. The second-order valence-electron chi connectivity index (χ2n) is 4.90. The van der Waals surface area contributed by atoms with E-state index in [-0.39, 0.29) is 26.9 Å². The SMILES string of the molecule is Cc1c(C(=O)Nc2ncco2)ccc(S(C)(=O)=O)c1S(C)(=O)=O. The molecular formula is C13H14N2O6S2. The Morgan fingerprint density at radius 3 is 2.26 bits per heavy atom. The molecule has 0 saturated carbocycles. The molecule has 0 unspecified atom stereocenters. The molecule has 0 bridgehead atoms. The molecule has 1 N–H and O–H groups in total. The second-order valence-corrected chi connectivity index (χ2v) is 8.84. The Kier molecular flexibility index (Phi) is 4.31. The van der Waals surface area contributed by atoms with Crippen LogP contribution in [0.25, 0.3) is 0 Å². The molecular weight excluding hydrogens is 344 g/mol. The number of carbonyl (C=O) groups excluding carboxylic acids is 1. The van der Waals surface area contributed by atoms with E-state index in [2.05, 4.69) is 10.3 Å². The van der Waals surface area contributed by atoms with Crippen LogP contribution in [-0.4, -0.2) is 40.2 Å². The standard InChI is InChI=1S/C13H14N2O6S2/c1-8-9(12(16)15-13-14-6-7-21-13)4-5-10(22(2,17)18)11(8)23(3,19)20/h4-7H,1-3H3,(H,14,15,16). The van der Waals surface area contributed by atoms with Gasteiger partial charge in [-0.25, -0.2) is 21.8 Å². The van der Waals surface area contributed by atoms with Crippen LogP contribution >= 0.6 is 0 Å². The number of anilines is 1. The number of nitrogens with zero attached hydrogens (tertiary/aromatic N) is 1. The molecule has 0 spiro atoms. The lowest BCUT2D eigenvalue weighted by molar-refractivity contribution is 0.102. The number of oxazole rings is 1. The quantitative estimate of drug-likeness (QED) is 0.866. The summed E-state index contributed by atoms with van der Waals surface area (Å²) >= 11 is 0. The summed E-state index contributed by atoms with van der Waals surface area (Å²) in [5, 5.41) is 2.35. The highest BCUT2D eigenvalue weighted by Gasteiger charge is 2.26. The average molecular weight is 358 g/mol. The van der Waals surface area contributed by atoms with E-state index in [1.807, 2.05) is 0 Å². The molecule has 0 saturated heterocycles. The molecule has 1 heterocycles. The highest BCUT2D eigenvalue weighted by molar-refractivity contribution is 7.93. The molecule has 1 aromatic heterocycles. The number of carbonyl (C=O) groups is 1. The van der Waals surface area contributed by atoms with E-state index >= 15 is 0 Å². The van der Waals surface area contributed by atoms with Crippen molar-refractivity contribution in [2.45, 2.75) is 16.7 Å². The van der Waals surface area contributed by atoms with E-state index in [1.54, 1.807) is 0 Å². The van der Waals surface area contributed by atoms with Crippen LogP contribution in [0.3, 0.4) is 0 Å². The molecule has 0 atom stereocenters. The fourth-order valence-corrected chi connectivity index (χ4v) is 4.93. The Balaban J connectivity index is 2.63. The first-order valence-electron chi connectivity index (χ1n) is 6.26. The third-order valence-corrected chi connectivity index (χ3v) is 5.57. The monoisotopic (exact) mass is 358 g/mol. The van der Waals surface area contributed by atoms with E-state index in [1.165, 1.54) is 25.5 Å². The first-order chi connectivity index (χ1) is 10.5. The van der Waals surface area contributed by atoms with Crippen molar-refractivity contribution in [1.82, 2.24) is 4.98 Å². The van der Waals surface area contributed by atoms with Crippen molar-refractivity contribution in [3.8, 4) is 0 Å². The Labute approximate surface area is 133 Å². The van der Waals surface area contributed by atoms with Gasteiger partial charge in [0.05, 0.1) is 16.0 Å². The molecule has 10 heteroatoms. The molecule has 1 aromatic carbocycles. The average Bonchev–Trinajstić information content (AvgIpc) is 2.88. The molecule has 2 aromatic rings. The molecule has 1 amide bonds. The van der Waals surface area contributed by atoms with Crippen molar-refractivity contribution in [2.24, 2.45) is 0 Å². The van der Waals surface area contributed by atoms with Crippen molar-refractivity contribution in [2.75, 3.05) is 17.8 Å². The summed E-state index contributed by atoms with van der Waals surface area (Å²) in [5.74, 6) is -0.657. The van der Waals surface area contributed by atoms with Gasteiger partial charge in [-0.1, -0.05) is 0 Å². The summed E-state index contributed by atoms with van der Waals surface area (Å²) in [6.45, 7) is 1.37. The van der Waals surface area contributed by atoms with E-state index in [4.69, 9.17) is 4.42 Å². The zero-order valence-electron chi connectivity index (χ0n) is 12.5. The first-order valence-corrected chi connectivity index (χ1v) is 10.0. The van der Waals surface area contributed by atoms with Crippen LogP contribution < -0.4 is 5.32 Å². The maximum atomic E-state index is 12.2. The minimum Gasteiger partial charge on any atom is -0.432 e. The van der Waals surface area contributed by atoms with Gasteiger partial charge in [0.1, 0.15) is 6.26 Å². The summed E-state index contributed by atoms with van der Waals surface area (Å²) in [5.41, 5.74) is 0.0514. The van der Waals surface area contributed by atoms with Crippen molar-refractivity contribution in [3.63, 3.8) is 0 Å². The van der Waals surface area contributed by atoms with Gasteiger partial charge in [0.25, 0.3) is 5.91 Å². The fourth-order valence-electron chi connectivity index (χ4n) is 2.12. The smallest absolute Gasteiger partial charge is 0.301 e. The van der Waals surface area contributed by atoms with Gasteiger partial charge in [-0.05, 0) is 24.6 Å². The van der Waals surface area contributed by atoms with Crippen molar-refractivity contribution < 1.29 is 26.0 Å². The fraction of sp³-hybridized carbons (Fsp3) is 0.231. The van der Waals surface area contributed by atoms with E-state index in [0.717, 1.165) is 18.6 Å². The lowest BCUT2D eigenvalue weighted by Crippen LogP contribution is -2.17. The van der Waals surface area contributed by atoms with Gasteiger partial charge in [0, 0.05) is 18.1 Å². The van der Waals surface area contributed by atoms with Gasteiger partial charge < -0.3 is 4.42 Å². The maximum absolute atomic E-state index is 12.2. The minimum atomic E-state index is -3.86. The zero-order chi connectivity index (χ0) is 17.4. The molecule has 0 fully saturated rings. The summed E-state index contributed by atoms with van der Waals surface area (Å²) < 4.78 is 52.5. The lowest BCUT2D eigenvalue weighted by Gasteiger charge is -2.13. The Morgan fingerprint density at radius 1 is 1.13 bits per heavy atom. The molecule has 0 radical (unpaired) electrons. The van der Waals surface area contributed by atoms with E-state index < -0.39 is 25.6 Å². The summed E-state index contributed by atoms with van der Waals surface area (Å²) in [6.07, 6.45) is 4.39. The predicted molar refractivity (Wildman–Crippen MR) is 81.9 cm³/mol. The third kappa shape index (κ3) is 3.59. The maximum Gasteiger partial charge on any atom is 0.301 e. The van der Waals surface area contributed by atoms with E-state index in [9.17, 15) is 21.6 Å². The van der Waals surface area contributed by atoms with Gasteiger partial charge >= 0.3 is 6.01 Å². The number of sulfone groups is 2. The molecule has 23 heavy (non-hydrogen) atoms. The number of amides is 1. The van der Waals surface area contributed by atoms with Crippen LogP contribution in [0.4, 0.5) is 6.01 Å². The Morgan fingerprint density at radius 2 is 1.78 bits per heavy atom. The van der Waals surface area contributed by atoms with Crippen LogP contribution in [0.5, 0.6) is 0 Å². The summed E-state index contributed by atoms with van der Waals surface area (Å²) in [4.78, 5) is 15.2.